The second kappa shape index (κ2) is 7.54. The Labute approximate surface area is 156 Å². The second-order valence-corrected chi connectivity index (χ2v) is 6.81. The number of fused-ring (bicyclic) bond motifs is 1. The third-order valence-corrected chi connectivity index (χ3v) is 5.22. The molecule has 0 unspecified atom stereocenters. The highest BCUT2D eigenvalue weighted by molar-refractivity contribution is 7.98. The molecule has 4 rings (SSSR count). The Balaban J connectivity index is 1.64. The van der Waals surface area contributed by atoms with Crippen LogP contribution in [0.2, 0.25) is 0 Å². The largest absolute Gasteiger partial charge is 0.298 e. The Bertz CT molecular complexity index is 1040. The van der Waals surface area contributed by atoms with Crippen LogP contribution in [-0.4, -0.2) is 19.7 Å². The zero-order valence-electron chi connectivity index (χ0n) is 14.2. The molecule has 0 saturated heterocycles. The average Bonchev–Trinajstić information content (AvgIpc) is 3.10. The summed E-state index contributed by atoms with van der Waals surface area (Å²) in [5.74, 6) is 1.68. The highest BCUT2D eigenvalue weighted by Crippen LogP contribution is 2.29. The van der Waals surface area contributed by atoms with Crippen molar-refractivity contribution in [1.82, 2.24) is 19.7 Å². The van der Waals surface area contributed by atoms with Crippen molar-refractivity contribution >= 4 is 22.5 Å². The summed E-state index contributed by atoms with van der Waals surface area (Å²) >= 11 is 1.70. The summed E-state index contributed by atoms with van der Waals surface area (Å²) in [6.07, 6.45) is 5.41. The summed E-state index contributed by atoms with van der Waals surface area (Å²) in [4.78, 5) is 4.08. The Hall–Kier alpha value is -2.92. The van der Waals surface area contributed by atoms with Crippen molar-refractivity contribution in [3.05, 3.63) is 85.2 Å². The van der Waals surface area contributed by atoms with Crippen molar-refractivity contribution in [2.24, 2.45) is 0 Å². The van der Waals surface area contributed by atoms with E-state index in [4.69, 9.17) is 0 Å². The summed E-state index contributed by atoms with van der Waals surface area (Å²) < 4.78 is 2.10. The molecule has 4 nitrogen and oxygen atoms in total. The van der Waals surface area contributed by atoms with E-state index in [0.29, 0.717) is 6.54 Å². The van der Waals surface area contributed by atoms with Crippen molar-refractivity contribution in [3.63, 3.8) is 0 Å². The van der Waals surface area contributed by atoms with Gasteiger partial charge in [-0.3, -0.25) is 9.55 Å². The molecule has 26 heavy (non-hydrogen) atoms. The maximum Gasteiger partial charge on any atom is 0.192 e. The smallest absolute Gasteiger partial charge is 0.192 e. The van der Waals surface area contributed by atoms with E-state index < -0.39 is 0 Å². The summed E-state index contributed by atoms with van der Waals surface area (Å²) in [5.41, 5.74) is 2.30. The van der Waals surface area contributed by atoms with Gasteiger partial charge in [-0.2, -0.15) is 0 Å². The van der Waals surface area contributed by atoms with E-state index in [1.165, 1.54) is 16.3 Å². The van der Waals surface area contributed by atoms with Gasteiger partial charge in [0.25, 0.3) is 0 Å². The number of benzene rings is 2. The maximum atomic E-state index is 4.41. The van der Waals surface area contributed by atoms with Crippen molar-refractivity contribution in [2.75, 3.05) is 0 Å². The molecule has 0 aliphatic rings. The third-order valence-electron chi connectivity index (χ3n) is 4.20. The lowest BCUT2D eigenvalue weighted by Gasteiger charge is -2.09. The molecule has 128 valence electrons. The minimum absolute atomic E-state index is 0.669. The Kier molecular flexibility index (Phi) is 4.80. The molecule has 0 atom stereocenters. The second-order valence-electron chi connectivity index (χ2n) is 5.87. The van der Waals surface area contributed by atoms with Gasteiger partial charge in [-0.25, -0.2) is 0 Å². The normalized spacial score (nSPS) is 10.9. The molecule has 0 aliphatic heterocycles. The fraction of sp³-hybridized carbons (Fsp3) is 0.0952. The van der Waals surface area contributed by atoms with Gasteiger partial charge >= 0.3 is 0 Å². The number of thioether (sulfide) groups is 1. The first-order valence-corrected chi connectivity index (χ1v) is 9.39. The van der Waals surface area contributed by atoms with Gasteiger partial charge in [0.2, 0.25) is 0 Å². The van der Waals surface area contributed by atoms with Gasteiger partial charge in [-0.05, 0) is 28.5 Å². The molecule has 0 radical (unpaired) electrons. The molecule has 0 aliphatic carbocycles. The van der Waals surface area contributed by atoms with Gasteiger partial charge in [0.15, 0.2) is 11.0 Å². The predicted octanol–water partition coefficient (Wildman–Crippen LogP) is 4.97. The average molecular weight is 358 g/mol. The molecule has 0 amide bonds. The van der Waals surface area contributed by atoms with Crippen molar-refractivity contribution in [3.8, 4) is 11.4 Å². The fourth-order valence-corrected chi connectivity index (χ4v) is 3.92. The van der Waals surface area contributed by atoms with Crippen LogP contribution >= 0.6 is 11.8 Å². The standard InChI is InChI=1S/C21H18N4S/c1-2-14-25-20(17-10-12-22-13-11-17)23-24-21(25)26-15-18-8-5-7-16-6-3-4-9-19(16)18/h2-13H,1,14-15H2. The lowest BCUT2D eigenvalue weighted by atomic mass is 10.1. The van der Waals surface area contributed by atoms with E-state index >= 15 is 0 Å². The number of rotatable bonds is 6. The number of allylic oxidation sites excluding steroid dienone is 1. The van der Waals surface area contributed by atoms with E-state index in [1.807, 2.05) is 18.2 Å². The number of aromatic nitrogens is 4. The first kappa shape index (κ1) is 16.5. The van der Waals surface area contributed by atoms with Crippen LogP contribution in [0, 0.1) is 0 Å². The van der Waals surface area contributed by atoms with Gasteiger partial charge < -0.3 is 0 Å². The Morgan fingerprint density at radius 2 is 1.77 bits per heavy atom. The van der Waals surface area contributed by atoms with E-state index in [9.17, 15) is 0 Å². The molecule has 0 bridgehead atoms. The van der Waals surface area contributed by atoms with Gasteiger partial charge in [-0.15, -0.1) is 16.8 Å². The van der Waals surface area contributed by atoms with Crippen LogP contribution in [0.5, 0.6) is 0 Å². The van der Waals surface area contributed by atoms with Crippen LogP contribution in [0.25, 0.3) is 22.2 Å². The molecular formula is C21H18N4S. The van der Waals surface area contributed by atoms with E-state index in [2.05, 4.69) is 68.8 Å². The molecule has 4 aromatic rings. The molecule has 2 heterocycles. The minimum atomic E-state index is 0.669. The van der Waals surface area contributed by atoms with E-state index in [1.54, 1.807) is 24.2 Å². The molecule has 0 fully saturated rings. The molecule has 5 heteroatoms. The number of nitrogens with zero attached hydrogens (tertiary/aromatic N) is 4. The van der Waals surface area contributed by atoms with Crippen LogP contribution in [-0.2, 0) is 12.3 Å². The monoisotopic (exact) mass is 358 g/mol. The summed E-state index contributed by atoms with van der Waals surface area (Å²) in [6, 6.07) is 18.8. The molecule has 2 aromatic heterocycles. The van der Waals surface area contributed by atoms with Gasteiger partial charge in [-0.1, -0.05) is 60.3 Å². The fourth-order valence-electron chi connectivity index (χ4n) is 2.96. The lowest BCUT2D eigenvalue weighted by Crippen LogP contribution is -2.00. The Morgan fingerprint density at radius 1 is 0.962 bits per heavy atom. The summed E-state index contributed by atoms with van der Waals surface area (Å²) in [6.45, 7) is 4.54. The number of hydrogen-bond donors (Lipinski definition) is 0. The first-order chi connectivity index (χ1) is 12.9. The lowest BCUT2D eigenvalue weighted by molar-refractivity contribution is 0.731. The molecule has 0 spiro atoms. The minimum Gasteiger partial charge on any atom is -0.298 e. The van der Waals surface area contributed by atoms with Crippen LogP contribution in [0.15, 0.2) is 84.8 Å². The number of pyridine rings is 1. The quantitative estimate of drug-likeness (QED) is 0.360. The topological polar surface area (TPSA) is 43.6 Å². The van der Waals surface area contributed by atoms with E-state index in [-0.39, 0.29) is 0 Å². The van der Waals surface area contributed by atoms with Gasteiger partial charge in [0.05, 0.1) is 0 Å². The van der Waals surface area contributed by atoms with Crippen molar-refractivity contribution in [2.45, 2.75) is 17.5 Å². The van der Waals surface area contributed by atoms with Crippen LogP contribution in [0.3, 0.4) is 0 Å². The predicted molar refractivity (Wildman–Crippen MR) is 107 cm³/mol. The highest BCUT2D eigenvalue weighted by Gasteiger charge is 2.14. The molecular weight excluding hydrogens is 340 g/mol. The maximum absolute atomic E-state index is 4.41. The number of hydrogen-bond acceptors (Lipinski definition) is 4. The van der Waals surface area contributed by atoms with Gasteiger partial charge in [0, 0.05) is 30.3 Å². The molecule has 2 aromatic carbocycles. The SMILES string of the molecule is C=CCn1c(SCc2cccc3ccccc23)nnc1-c1ccncc1. The first-order valence-electron chi connectivity index (χ1n) is 8.41. The highest BCUT2D eigenvalue weighted by atomic mass is 32.2. The summed E-state index contributed by atoms with van der Waals surface area (Å²) in [7, 11) is 0. The van der Waals surface area contributed by atoms with Crippen LogP contribution < -0.4 is 0 Å². The van der Waals surface area contributed by atoms with Gasteiger partial charge in [0.1, 0.15) is 0 Å². The van der Waals surface area contributed by atoms with Crippen molar-refractivity contribution < 1.29 is 0 Å². The van der Waals surface area contributed by atoms with E-state index in [0.717, 1.165) is 22.3 Å². The summed E-state index contributed by atoms with van der Waals surface area (Å²) in [5, 5.41) is 12.2. The van der Waals surface area contributed by atoms with Crippen LogP contribution in [0.4, 0.5) is 0 Å². The molecule has 0 N–H and O–H groups in total. The third kappa shape index (κ3) is 3.26. The van der Waals surface area contributed by atoms with Crippen molar-refractivity contribution in [1.29, 1.82) is 0 Å². The van der Waals surface area contributed by atoms with Crippen LogP contribution in [0.1, 0.15) is 5.56 Å². The molecule has 0 saturated carbocycles. The Morgan fingerprint density at radius 3 is 2.62 bits per heavy atom. The zero-order chi connectivity index (χ0) is 17.8. The zero-order valence-corrected chi connectivity index (χ0v) is 15.1.